The number of nitro groups is 1. The number of benzene rings is 2. The summed E-state index contributed by atoms with van der Waals surface area (Å²) in [6.45, 7) is 0. The van der Waals surface area contributed by atoms with Crippen molar-refractivity contribution >= 4 is 17.6 Å². The lowest BCUT2D eigenvalue weighted by Crippen LogP contribution is -1.95. The van der Waals surface area contributed by atoms with Crippen molar-refractivity contribution in [3.05, 3.63) is 52.1 Å². The molecule has 7 heteroatoms. The van der Waals surface area contributed by atoms with Gasteiger partial charge in [0.25, 0.3) is 5.69 Å². The topological polar surface area (TPSA) is 83.2 Å². The lowest BCUT2D eigenvalue weighted by atomic mass is 10.2. The van der Waals surface area contributed by atoms with Crippen LogP contribution in [-0.4, -0.2) is 32.5 Å². The smallest absolute Gasteiger partial charge is 0.278 e. The van der Waals surface area contributed by atoms with Gasteiger partial charge in [-0.2, -0.15) is 0 Å². The zero-order valence-electron chi connectivity index (χ0n) is 13.0. The molecule has 0 aliphatic rings. The van der Waals surface area contributed by atoms with Gasteiger partial charge < -0.3 is 14.2 Å². The number of nitrogens with zero attached hydrogens (tertiary/aromatic N) is 2. The van der Waals surface area contributed by atoms with E-state index in [1.165, 1.54) is 33.6 Å². The van der Waals surface area contributed by atoms with Gasteiger partial charge in [0.1, 0.15) is 0 Å². The standard InChI is InChI=1S/C16H16N2O5/c1-21-14-8-12(9-15(22-2)16(14)23-3)17-10-11-6-4-5-7-13(11)18(19)20/h4-10H,1-3H3. The largest absolute Gasteiger partial charge is 0.493 e. The molecule has 0 aliphatic carbocycles. The monoisotopic (exact) mass is 316 g/mol. The van der Waals surface area contributed by atoms with Crippen molar-refractivity contribution in [2.24, 2.45) is 4.99 Å². The molecular formula is C16H16N2O5. The SMILES string of the molecule is COc1cc(N=Cc2ccccc2[N+](=O)[O-])cc(OC)c1OC. The van der Waals surface area contributed by atoms with Crippen molar-refractivity contribution in [2.75, 3.05) is 21.3 Å². The predicted molar refractivity (Wildman–Crippen MR) is 86.4 cm³/mol. The third kappa shape index (κ3) is 3.57. The summed E-state index contributed by atoms with van der Waals surface area (Å²) in [7, 11) is 4.52. The molecule has 0 radical (unpaired) electrons. The normalized spacial score (nSPS) is 10.6. The number of ether oxygens (including phenoxy) is 3. The molecule has 0 atom stereocenters. The molecule has 120 valence electrons. The van der Waals surface area contributed by atoms with Gasteiger partial charge in [-0.3, -0.25) is 15.1 Å². The Morgan fingerprint density at radius 2 is 1.65 bits per heavy atom. The van der Waals surface area contributed by atoms with E-state index in [2.05, 4.69) is 4.99 Å². The molecular weight excluding hydrogens is 300 g/mol. The second-order valence-electron chi connectivity index (χ2n) is 4.46. The number of rotatable bonds is 6. The third-order valence-electron chi connectivity index (χ3n) is 3.14. The summed E-state index contributed by atoms with van der Waals surface area (Å²) >= 11 is 0. The number of nitro benzene ring substituents is 1. The van der Waals surface area contributed by atoms with Gasteiger partial charge in [-0.05, 0) is 6.07 Å². The number of para-hydroxylation sites is 1. The first-order chi connectivity index (χ1) is 11.1. The number of aliphatic imine (C=N–C) groups is 1. The molecule has 0 heterocycles. The van der Waals surface area contributed by atoms with Gasteiger partial charge in [0.05, 0.1) is 37.5 Å². The first-order valence-corrected chi connectivity index (χ1v) is 6.68. The number of hydrogen-bond acceptors (Lipinski definition) is 6. The molecule has 2 aromatic carbocycles. The maximum atomic E-state index is 11.0. The van der Waals surface area contributed by atoms with E-state index in [0.29, 0.717) is 28.5 Å². The van der Waals surface area contributed by atoms with Gasteiger partial charge >= 0.3 is 0 Å². The summed E-state index contributed by atoms with van der Waals surface area (Å²) in [4.78, 5) is 14.8. The Morgan fingerprint density at radius 3 is 2.17 bits per heavy atom. The van der Waals surface area contributed by atoms with Crippen LogP contribution in [0.4, 0.5) is 11.4 Å². The van der Waals surface area contributed by atoms with Gasteiger partial charge in [-0.15, -0.1) is 0 Å². The van der Waals surface area contributed by atoms with Gasteiger partial charge in [0.15, 0.2) is 11.5 Å². The molecule has 0 bridgehead atoms. The van der Waals surface area contributed by atoms with Crippen molar-refractivity contribution in [2.45, 2.75) is 0 Å². The average Bonchev–Trinajstić information content (AvgIpc) is 2.58. The highest BCUT2D eigenvalue weighted by Gasteiger charge is 2.13. The van der Waals surface area contributed by atoms with Crippen LogP contribution in [0.5, 0.6) is 17.2 Å². The molecule has 0 unspecified atom stereocenters. The van der Waals surface area contributed by atoms with Crippen molar-refractivity contribution in [3.63, 3.8) is 0 Å². The Balaban J connectivity index is 2.42. The highest BCUT2D eigenvalue weighted by molar-refractivity contribution is 5.87. The van der Waals surface area contributed by atoms with Crippen molar-refractivity contribution < 1.29 is 19.1 Å². The van der Waals surface area contributed by atoms with E-state index in [9.17, 15) is 10.1 Å². The number of methoxy groups -OCH3 is 3. The molecule has 2 aromatic rings. The van der Waals surface area contributed by atoms with Crippen molar-refractivity contribution in [3.8, 4) is 17.2 Å². The molecule has 0 fully saturated rings. The molecule has 0 aromatic heterocycles. The van der Waals surface area contributed by atoms with Crippen molar-refractivity contribution in [1.82, 2.24) is 0 Å². The fourth-order valence-corrected chi connectivity index (χ4v) is 2.05. The fourth-order valence-electron chi connectivity index (χ4n) is 2.05. The minimum absolute atomic E-state index is 0.0105. The maximum Gasteiger partial charge on any atom is 0.278 e. The van der Waals surface area contributed by atoms with Gasteiger partial charge in [-0.1, -0.05) is 12.1 Å². The first-order valence-electron chi connectivity index (χ1n) is 6.68. The Kier molecular flexibility index (Phi) is 5.14. The van der Waals surface area contributed by atoms with E-state index in [-0.39, 0.29) is 5.69 Å². The summed E-state index contributed by atoms with van der Waals surface area (Å²) in [6, 6.07) is 9.69. The van der Waals surface area contributed by atoms with Crippen LogP contribution in [0.15, 0.2) is 41.4 Å². The van der Waals surface area contributed by atoms with Crippen LogP contribution in [-0.2, 0) is 0 Å². The van der Waals surface area contributed by atoms with Crippen LogP contribution in [0, 0.1) is 10.1 Å². The zero-order valence-corrected chi connectivity index (χ0v) is 13.0. The van der Waals surface area contributed by atoms with E-state index in [4.69, 9.17) is 14.2 Å². The summed E-state index contributed by atoms with van der Waals surface area (Å²) in [5.74, 6) is 1.38. The third-order valence-corrected chi connectivity index (χ3v) is 3.14. The van der Waals surface area contributed by atoms with Gasteiger partial charge in [-0.25, -0.2) is 0 Å². The Bertz CT molecular complexity index is 718. The van der Waals surface area contributed by atoms with E-state index >= 15 is 0 Å². The molecule has 0 N–H and O–H groups in total. The molecule has 0 aliphatic heterocycles. The molecule has 7 nitrogen and oxygen atoms in total. The van der Waals surface area contributed by atoms with Crippen LogP contribution < -0.4 is 14.2 Å². The summed E-state index contributed by atoms with van der Waals surface area (Å²) in [6.07, 6.45) is 1.43. The second kappa shape index (κ2) is 7.26. The molecule has 23 heavy (non-hydrogen) atoms. The van der Waals surface area contributed by atoms with Crippen molar-refractivity contribution in [1.29, 1.82) is 0 Å². The Labute approximate surface area is 133 Å². The minimum Gasteiger partial charge on any atom is -0.493 e. The molecule has 0 spiro atoms. The van der Waals surface area contributed by atoms with Gasteiger partial charge in [0.2, 0.25) is 5.75 Å². The van der Waals surface area contributed by atoms with Crippen LogP contribution in [0.1, 0.15) is 5.56 Å². The quantitative estimate of drug-likeness (QED) is 0.463. The lowest BCUT2D eigenvalue weighted by Gasteiger charge is -2.12. The van der Waals surface area contributed by atoms with Crippen LogP contribution >= 0.6 is 0 Å². The van der Waals surface area contributed by atoms with Gasteiger partial charge in [0, 0.05) is 24.4 Å². The van der Waals surface area contributed by atoms with Crippen LogP contribution in [0.3, 0.4) is 0 Å². The van der Waals surface area contributed by atoms with E-state index in [1.54, 1.807) is 30.3 Å². The number of hydrogen-bond donors (Lipinski definition) is 0. The summed E-state index contributed by atoms with van der Waals surface area (Å²) in [5.41, 5.74) is 0.924. The molecule has 0 saturated heterocycles. The second-order valence-corrected chi connectivity index (χ2v) is 4.46. The van der Waals surface area contributed by atoms with E-state index < -0.39 is 4.92 Å². The minimum atomic E-state index is -0.448. The Hall–Kier alpha value is -3.09. The predicted octanol–water partition coefficient (Wildman–Crippen LogP) is 3.37. The van der Waals surface area contributed by atoms with E-state index in [0.717, 1.165) is 0 Å². The summed E-state index contributed by atoms with van der Waals surface area (Å²) < 4.78 is 15.7. The lowest BCUT2D eigenvalue weighted by molar-refractivity contribution is -0.385. The highest BCUT2D eigenvalue weighted by Crippen LogP contribution is 2.40. The first kappa shape index (κ1) is 16.3. The average molecular weight is 316 g/mol. The van der Waals surface area contributed by atoms with E-state index in [1.807, 2.05) is 0 Å². The maximum absolute atomic E-state index is 11.0. The molecule has 0 amide bonds. The summed E-state index contributed by atoms with van der Waals surface area (Å²) in [5, 5.41) is 11.0. The van der Waals surface area contributed by atoms with Crippen LogP contribution in [0.25, 0.3) is 0 Å². The highest BCUT2D eigenvalue weighted by atomic mass is 16.6. The zero-order chi connectivity index (χ0) is 16.8. The van der Waals surface area contributed by atoms with Crippen LogP contribution in [0.2, 0.25) is 0 Å². The molecule has 2 rings (SSSR count). The Morgan fingerprint density at radius 1 is 1.04 bits per heavy atom. The molecule has 0 saturated carbocycles. The fraction of sp³-hybridized carbons (Fsp3) is 0.188.